The Morgan fingerprint density at radius 2 is 1.39 bits per heavy atom. The van der Waals surface area contributed by atoms with Gasteiger partial charge in [0.15, 0.2) is 0 Å². The second-order valence-corrected chi connectivity index (χ2v) is 13.5. The summed E-state index contributed by atoms with van der Waals surface area (Å²) in [6, 6.07) is 42.2. The van der Waals surface area contributed by atoms with E-state index in [0.717, 1.165) is 48.3 Å². The van der Waals surface area contributed by atoms with Crippen molar-refractivity contribution in [1.29, 1.82) is 0 Å². The summed E-state index contributed by atoms with van der Waals surface area (Å²) in [4.78, 5) is 10.0. The standard InChI is InChI=1S/C43H34N3O2.Pt/c1-27-10-7-11-28(2)40(27)46-41-35-26-43(23-30-12-3-4-13-31(30)24-43)25-32(35)20-21-37(41)45-42(46)29-14-8-15-33(22-29)48-39-19-9-17-36(44-39)34-16-5-6-18-38(34)47;/h3-21,47H,23-26H2,1-2H3;/q-1;. The van der Waals surface area contributed by atoms with Crippen LogP contribution in [0.3, 0.4) is 0 Å². The fraction of sp³-hybridized carbons (Fsp3) is 0.163. The van der Waals surface area contributed by atoms with Crippen molar-refractivity contribution in [1.82, 2.24) is 14.5 Å². The number of aromatic nitrogens is 3. The first-order valence-electron chi connectivity index (χ1n) is 16.6. The molecule has 5 nitrogen and oxygen atoms in total. The van der Waals surface area contributed by atoms with Gasteiger partial charge in [0, 0.05) is 44.1 Å². The van der Waals surface area contributed by atoms with Crippen LogP contribution in [-0.2, 0) is 46.7 Å². The molecule has 1 N–H and O–H groups in total. The fourth-order valence-electron chi connectivity index (χ4n) is 8.12. The van der Waals surface area contributed by atoms with Crippen molar-refractivity contribution in [3.05, 3.63) is 155 Å². The smallest absolute Gasteiger partial charge is 0.217 e. The van der Waals surface area contributed by atoms with Gasteiger partial charge in [-0.3, -0.25) is 4.98 Å². The molecule has 2 aliphatic rings. The van der Waals surface area contributed by atoms with Crippen molar-refractivity contribution in [2.24, 2.45) is 5.41 Å². The molecule has 2 aromatic heterocycles. The number of pyridine rings is 1. The molecule has 244 valence electrons. The van der Waals surface area contributed by atoms with Gasteiger partial charge >= 0.3 is 0 Å². The molecule has 6 heteroatoms. The van der Waals surface area contributed by atoms with E-state index in [1.165, 1.54) is 38.9 Å². The first kappa shape index (κ1) is 31.3. The van der Waals surface area contributed by atoms with Crippen LogP contribution in [0.1, 0.15) is 33.4 Å². The first-order chi connectivity index (χ1) is 23.4. The van der Waals surface area contributed by atoms with Crippen molar-refractivity contribution in [3.8, 4) is 45.7 Å². The maximum Gasteiger partial charge on any atom is 0.217 e. The molecule has 0 atom stereocenters. The van der Waals surface area contributed by atoms with Gasteiger partial charge in [-0.05, 0) is 103 Å². The molecular weight excluding hydrogens is 786 g/mol. The Hall–Kier alpha value is -4.99. The van der Waals surface area contributed by atoms with Gasteiger partial charge in [0.1, 0.15) is 5.75 Å². The van der Waals surface area contributed by atoms with Crippen LogP contribution in [0.15, 0.2) is 115 Å². The van der Waals surface area contributed by atoms with Crippen molar-refractivity contribution in [2.75, 3.05) is 0 Å². The Kier molecular flexibility index (Phi) is 7.76. The van der Waals surface area contributed by atoms with Crippen LogP contribution in [0.4, 0.5) is 0 Å². The second-order valence-electron chi connectivity index (χ2n) is 13.5. The number of hydrogen-bond donors (Lipinski definition) is 1. The number of phenolic OH excluding ortho intramolecular Hbond substituents is 1. The normalized spacial score (nSPS) is 14.1. The van der Waals surface area contributed by atoms with Gasteiger partial charge in [-0.15, -0.1) is 23.8 Å². The number of aromatic hydroxyl groups is 1. The van der Waals surface area contributed by atoms with Gasteiger partial charge in [0.2, 0.25) is 5.88 Å². The SMILES string of the molecule is Cc1cccc(C)c1-n1c(-c2[c-]c(Oc3cccc(-c4ccccc4O)n3)ccc2)nc2ccc3c(c21)CC1(Cc2ccccc2C1)C3.[Pt]. The number of hydrogen-bond acceptors (Lipinski definition) is 4. The molecule has 0 saturated carbocycles. The van der Waals surface area contributed by atoms with Gasteiger partial charge < -0.3 is 14.4 Å². The molecule has 0 unspecified atom stereocenters. The zero-order chi connectivity index (χ0) is 32.4. The number of rotatable bonds is 5. The van der Waals surface area contributed by atoms with Crippen LogP contribution in [0.2, 0.25) is 0 Å². The predicted octanol–water partition coefficient (Wildman–Crippen LogP) is 9.55. The van der Waals surface area contributed by atoms with E-state index < -0.39 is 0 Å². The quantitative estimate of drug-likeness (QED) is 0.176. The topological polar surface area (TPSA) is 60.2 Å². The fourth-order valence-corrected chi connectivity index (χ4v) is 8.12. The van der Waals surface area contributed by atoms with E-state index in [2.05, 4.69) is 85.1 Å². The number of phenols is 1. The zero-order valence-corrected chi connectivity index (χ0v) is 29.6. The summed E-state index contributed by atoms with van der Waals surface area (Å²) in [6.07, 6.45) is 4.37. The summed E-state index contributed by atoms with van der Waals surface area (Å²) in [7, 11) is 0. The molecule has 0 saturated heterocycles. The predicted molar refractivity (Wildman–Crippen MR) is 190 cm³/mol. The molecule has 0 bridgehead atoms. The largest absolute Gasteiger partial charge is 0.507 e. The number of aryl methyl sites for hydroxylation is 2. The Labute approximate surface area is 300 Å². The number of ether oxygens (including phenoxy) is 1. The van der Waals surface area contributed by atoms with Gasteiger partial charge in [-0.2, -0.15) is 0 Å². The number of nitrogens with zero attached hydrogens (tertiary/aromatic N) is 3. The number of para-hydroxylation sites is 2. The van der Waals surface area contributed by atoms with Crippen molar-refractivity contribution < 1.29 is 30.9 Å². The van der Waals surface area contributed by atoms with Crippen molar-refractivity contribution >= 4 is 11.0 Å². The molecule has 7 aromatic rings. The summed E-state index contributed by atoms with van der Waals surface area (Å²) in [5, 5.41) is 10.4. The van der Waals surface area contributed by atoms with E-state index >= 15 is 0 Å². The van der Waals surface area contributed by atoms with Gasteiger partial charge in [0.05, 0.1) is 22.6 Å². The summed E-state index contributed by atoms with van der Waals surface area (Å²) in [6.45, 7) is 4.37. The number of imidazole rings is 1. The van der Waals surface area contributed by atoms with Crippen LogP contribution >= 0.6 is 0 Å². The average molecular weight is 820 g/mol. The van der Waals surface area contributed by atoms with Crippen LogP contribution in [0, 0.1) is 25.3 Å². The van der Waals surface area contributed by atoms with Crippen LogP contribution in [-0.4, -0.2) is 19.6 Å². The summed E-state index contributed by atoms with van der Waals surface area (Å²) in [5.74, 6) is 1.99. The van der Waals surface area contributed by atoms with E-state index in [9.17, 15) is 5.11 Å². The van der Waals surface area contributed by atoms with E-state index in [-0.39, 0.29) is 32.2 Å². The van der Waals surface area contributed by atoms with E-state index in [1.807, 2.05) is 42.5 Å². The average Bonchev–Trinajstić information content (AvgIpc) is 3.77. The van der Waals surface area contributed by atoms with Crippen LogP contribution in [0.25, 0.3) is 39.4 Å². The van der Waals surface area contributed by atoms with Gasteiger partial charge in [0.25, 0.3) is 0 Å². The molecule has 2 heterocycles. The minimum absolute atomic E-state index is 0. The second kappa shape index (κ2) is 12.2. The molecule has 9 rings (SSSR count). The van der Waals surface area contributed by atoms with Crippen molar-refractivity contribution in [3.63, 3.8) is 0 Å². The van der Waals surface area contributed by atoms with Crippen LogP contribution in [0.5, 0.6) is 17.4 Å². The molecule has 0 radical (unpaired) electrons. The maximum absolute atomic E-state index is 10.4. The number of benzene rings is 5. The minimum atomic E-state index is 0. The third kappa shape index (κ3) is 5.37. The van der Waals surface area contributed by atoms with Crippen molar-refractivity contribution in [2.45, 2.75) is 39.5 Å². The maximum atomic E-state index is 10.4. The molecule has 2 aliphatic carbocycles. The van der Waals surface area contributed by atoms with Gasteiger partial charge in [-0.1, -0.05) is 72.8 Å². The van der Waals surface area contributed by atoms with Crippen LogP contribution < -0.4 is 4.74 Å². The monoisotopic (exact) mass is 819 g/mol. The molecule has 49 heavy (non-hydrogen) atoms. The van der Waals surface area contributed by atoms with E-state index in [4.69, 9.17) is 14.7 Å². The molecule has 0 amide bonds. The van der Waals surface area contributed by atoms with Gasteiger partial charge in [-0.25, -0.2) is 4.98 Å². The van der Waals surface area contributed by atoms with E-state index in [1.54, 1.807) is 12.1 Å². The molecular formula is C43H34N3O2Pt-. The summed E-state index contributed by atoms with van der Waals surface area (Å²) in [5.41, 5.74) is 14.0. The Bertz CT molecular complexity index is 2350. The minimum Gasteiger partial charge on any atom is -0.507 e. The Morgan fingerprint density at radius 1 is 0.694 bits per heavy atom. The first-order valence-corrected chi connectivity index (χ1v) is 16.6. The molecule has 0 fully saturated rings. The Morgan fingerprint density at radius 3 is 2.16 bits per heavy atom. The zero-order valence-electron chi connectivity index (χ0n) is 27.3. The number of fused-ring (bicyclic) bond motifs is 4. The third-order valence-corrected chi connectivity index (χ3v) is 10.2. The van der Waals surface area contributed by atoms with E-state index in [0.29, 0.717) is 22.9 Å². The molecule has 1 spiro atoms. The summed E-state index contributed by atoms with van der Waals surface area (Å²) < 4.78 is 8.67. The molecule has 5 aromatic carbocycles. The summed E-state index contributed by atoms with van der Waals surface area (Å²) >= 11 is 0. The molecule has 0 aliphatic heterocycles. The Balaban J connectivity index is 0.00000348. The third-order valence-electron chi connectivity index (χ3n) is 10.2.